The minimum absolute atomic E-state index is 0.143. The Morgan fingerprint density at radius 3 is 2.54 bits per heavy atom. The number of piperazine rings is 1. The number of nitrogens with one attached hydrogen (secondary N) is 2. The Bertz CT molecular complexity index is 1610. The molecule has 0 radical (unpaired) electrons. The van der Waals surface area contributed by atoms with Crippen LogP contribution in [0.2, 0.25) is 0 Å². The van der Waals surface area contributed by atoms with Crippen LogP contribution in [0.1, 0.15) is 12.5 Å². The molecule has 1 fully saturated rings. The molecule has 0 unspecified atom stereocenters. The first-order chi connectivity index (χ1) is 17.0. The lowest BCUT2D eigenvalue weighted by Crippen LogP contribution is -2.49. The summed E-state index contributed by atoms with van der Waals surface area (Å²) in [5, 5.41) is 5.35. The number of hydrogen-bond acceptors (Lipinski definition) is 6. The fourth-order valence-corrected chi connectivity index (χ4v) is 5.11. The average Bonchev–Trinajstić information content (AvgIpc) is 3.24. The predicted octanol–water partition coefficient (Wildman–Crippen LogP) is 3.93. The van der Waals surface area contributed by atoms with Crippen LogP contribution >= 0.6 is 0 Å². The van der Waals surface area contributed by atoms with E-state index in [1.807, 2.05) is 49.3 Å². The summed E-state index contributed by atoms with van der Waals surface area (Å²) in [4.78, 5) is 27.2. The SMILES string of the molecule is CCOc1ccc(-c2nc3[nH]cc(C)c3c3c2c(=O)[nH]c2cc(N4CCN(N)CC4)ccc23)cc1. The molecule has 3 aromatic heterocycles. The molecule has 0 bridgehead atoms. The first kappa shape index (κ1) is 21.6. The number of fused-ring (bicyclic) bond motifs is 5. The number of H-pyrrole nitrogens is 2. The van der Waals surface area contributed by atoms with E-state index < -0.39 is 0 Å². The van der Waals surface area contributed by atoms with Crippen LogP contribution in [0.5, 0.6) is 5.75 Å². The van der Waals surface area contributed by atoms with E-state index in [1.165, 1.54) is 0 Å². The first-order valence-electron chi connectivity index (χ1n) is 12.0. The number of hydrogen-bond donors (Lipinski definition) is 3. The predicted molar refractivity (Wildman–Crippen MR) is 141 cm³/mol. The van der Waals surface area contributed by atoms with Crippen molar-refractivity contribution in [3.05, 3.63) is 64.6 Å². The Morgan fingerprint density at radius 1 is 1.03 bits per heavy atom. The van der Waals surface area contributed by atoms with Crippen molar-refractivity contribution in [1.29, 1.82) is 0 Å². The van der Waals surface area contributed by atoms with E-state index in [1.54, 1.807) is 0 Å². The van der Waals surface area contributed by atoms with Crippen molar-refractivity contribution in [1.82, 2.24) is 20.0 Å². The van der Waals surface area contributed by atoms with Gasteiger partial charge in [0.1, 0.15) is 11.4 Å². The molecular formula is C27H28N6O2. The van der Waals surface area contributed by atoms with E-state index in [4.69, 9.17) is 15.6 Å². The molecule has 4 N–H and O–H groups in total. The van der Waals surface area contributed by atoms with Gasteiger partial charge in [0.05, 0.1) is 23.2 Å². The van der Waals surface area contributed by atoms with Gasteiger partial charge in [0.15, 0.2) is 0 Å². The number of aromatic nitrogens is 3. The fourth-order valence-electron chi connectivity index (χ4n) is 5.11. The summed E-state index contributed by atoms with van der Waals surface area (Å²) in [7, 11) is 0. The largest absolute Gasteiger partial charge is 0.494 e. The molecule has 1 saturated heterocycles. The van der Waals surface area contributed by atoms with Crippen molar-refractivity contribution in [2.24, 2.45) is 5.84 Å². The Labute approximate surface area is 202 Å². The van der Waals surface area contributed by atoms with Gasteiger partial charge in [-0.3, -0.25) is 10.6 Å². The Balaban J connectivity index is 1.60. The quantitative estimate of drug-likeness (QED) is 0.273. The first-order valence-corrected chi connectivity index (χ1v) is 12.0. The molecule has 4 heterocycles. The number of pyridine rings is 2. The third-order valence-electron chi connectivity index (χ3n) is 6.88. The molecule has 2 aromatic carbocycles. The number of rotatable bonds is 4. The lowest BCUT2D eigenvalue weighted by atomic mass is 9.98. The van der Waals surface area contributed by atoms with Gasteiger partial charge in [0.25, 0.3) is 5.56 Å². The van der Waals surface area contributed by atoms with Crippen molar-refractivity contribution < 1.29 is 4.74 Å². The monoisotopic (exact) mass is 468 g/mol. The number of aryl methyl sites for hydroxylation is 1. The number of ether oxygens (including phenoxy) is 1. The number of benzene rings is 2. The zero-order chi connectivity index (χ0) is 24.1. The molecular weight excluding hydrogens is 440 g/mol. The second-order valence-corrected chi connectivity index (χ2v) is 9.07. The molecule has 8 heteroatoms. The summed E-state index contributed by atoms with van der Waals surface area (Å²) in [6, 6.07) is 14.1. The number of hydrazine groups is 1. The van der Waals surface area contributed by atoms with Gasteiger partial charge < -0.3 is 19.6 Å². The molecule has 5 aromatic rings. The highest BCUT2D eigenvalue weighted by Crippen LogP contribution is 2.37. The second kappa shape index (κ2) is 8.41. The van der Waals surface area contributed by atoms with Crippen LogP contribution in [0.4, 0.5) is 5.69 Å². The highest BCUT2D eigenvalue weighted by Gasteiger charge is 2.20. The molecule has 0 saturated carbocycles. The lowest BCUT2D eigenvalue weighted by Gasteiger charge is -2.33. The molecule has 0 amide bonds. The van der Waals surface area contributed by atoms with Crippen LogP contribution in [-0.4, -0.2) is 52.7 Å². The third kappa shape index (κ3) is 3.62. The van der Waals surface area contributed by atoms with Crippen LogP contribution in [0, 0.1) is 6.92 Å². The van der Waals surface area contributed by atoms with Crippen molar-refractivity contribution in [2.45, 2.75) is 13.8 Å². The van der Waals surface area contributed by atoms with Crippen LogP contribution in [-0.2, 0) is 0 Å². The van der Waals surface area contributed by atoms with Crippen LogP contribution in [0.3, 0.4) is 0 Å². The van der Waals surface area contributed by atoms with Crippen LogP contribution in [0.15, 0.2) is 53.5 Å². The van der Waals surface area contributed by atoms with Gasteiger partial charge in [0.2, 0.25) is 0 Å². The molecule has 0 spiro atoms. The number of nitrogens with two attached hydrogens (primary N) is 1. The fraction of sp³-hybridized carbons (Fsp3) is 0.259. The molecule has 1 aliphatic rings. The highest BCUT2D eigenvalue weighted by molar-refractivity contribution is 6.22. The maximum atomic E-state index is 13.6. The van der Waals surface area contributed by atoms with Crippen molar-refractivity contribution in [3.63, 3.8) is 0 Å². The summed E-state index contributed by atoms with van der Waals surface area (Å²) >= 11 is 0. The van der Waals surface area contributed by atoms with Crippen LogP contribution < -0.4 is 21.0 Å². The van der Waals surface area contributed by atoms with Crippen LogP contribution in [0.25, 0.3) is 44.0 Å². The second-order valence-electron chi connectivity index (χ2n) is 9.07. The Morgan fingerprint density at radius 2 is 1.80 bits per heavy atom. The van der Waals surface area contributed by atoms with Gasteiger partial charge >= 0.3 is 0 Å². The molecule has 8 nitrogen and oxygen atoms in total. The number of anilines is 1. The van der Waals surface area contributed by atoms with E-state index >= 15 is 0 Å². The van der Waals surface area contributed by atoms with Gasteiger partial charge in [0, 0.05) is 59.8 Å². The minimum atomic E-state index is -0.143. The molecule has 0 aliphatic carbocycles. The Kier molecular flexibility index (Phi) is 5.20. The van der Waals surface area contributed by atoms with E-state index in [-0.39, 0.29) is 5.56 Å². The summed E-state index contributed by atoms with van der Waals surface area (Å²) in [5.41, 5.74) is 5.12. The smallest absolute Gasteiger partial charge is 0.258 e. The standard InChI is InChI=1S/C27H28N6O2/c1-3-35-19-7-4-17(5-8-19)25-24-23(22-16(2)15-29-26(22)31-25)20-9-6-18(14-21(20)30-27(24)34)32-10-12-33(28)13-11-32/h4-9,14-15H,3,10-13,28H2,1-2H3,(H,29,31)(H,30,34). The van der Waals surface area contributed by atoms with Crippen molar-refractivity contribution >= 4 is 38.4 Å². The van der Waals surface area contributed by atoms with Crippen molar-refractivity contribution in [3.8, 4) is 17.0 Å². The molecule has 0 atom stereocenters. The Hall–Kier alpha value is -3.88. The number of nitrogens with zero attached hydrogens (tertiary/aromatic N) is 3. The van der Waals surface area contributed by atoms with Gasteiger partial charge in [-0.1, -0.05) is 6.07 Å². The maximum Gasteiger partial charge on any atom is 0.258 e. The zero-order valence-electron chi connectivity index (χ0n) is 19.9. The normalized spacial score (nSPS) is 14.9. The summed E-state index contributed by atoms with van der Waals surface area (Å²) < 4.78 is 5.60. The van der Waals surface area contributed by atoms with E-state index in [0.717, 1.165) is 76.1 Å². The molecule has 1 aliphatic heterocycles. The zero-order valence-corrected chi connectivity index (χ0v) is 19.9. The topological polar surface area (TPSA) is 103 Å². The summed E-state index contributed by atoms with van der Waals surface area (Å²) in [6.45, 7) is 7.94. The van der Waals surface area contributed by atoms with Gasteiger partial charge in [-0.2, -0.15) is 0 Å². The summed E-state index contributed by atoms with van der Waals surface area (Å²) in [5.74, 6) is 6.72. The molecule has 6 rings (SSSR count). The van der Waals surface area contributed by atoms with Gasteiger partial charge in [-0.15, -0.1) is 0 Å². The van der Waals surface area contributed by atoms with Gasteiger partial charge in [-0.05, 0) is 55.8 Å². The minimum Gasteiger partial charge on any atom is -0.494 e. The molecule has 35 heavy (non-hydrogen) atoms. The summed E-state index contributed by atoms with van der Waals surface area (Å²) in [6.07, 6.45) is 1.95. The lowest BCUT2D eigenvalue weighted by molar-refractivity contribution is 0.266. The third-order valence-corrected chi connectivity index (χ3v) is 6.88. The van der Waals surface area contributed by atoms with Crippen molar-refractivity contribution in [2.75, 3.05) is 37.7 Å². The maximum absolute atomic E-state index is 13.6. The van der Waals surface area contributed by atoms with E-state index in [0.29, 0.717) is 17.7 Å². The van der Waals surface area contributed by atoms with Gasteiger partial charge in [-0.25, -0.2) is 9.99 Å². The van der Waals surface area contributed by atoms with E-state index in [2.05, 4.69) is 33.1 Å². The highest BCUT2D eigenvalue weighted by atomic mass is 16.5. The average molecular weight is 469 g/mol. The number of aromatic amines is 2. The van der Waals surface area contributed by atoms with E-state index in [9.17, 15) is 4.79 Å². The molecule has 178 valence electrons.